The number of carbonyl (C=O) groups excluding carboxylic acids is 3. The van der Waals surface area contributed by atoms with Gasteiger partial charge in [0.25, 0.3) is 11.7 Å². The van der Waals surface area contributed by atoms with Crippen LogP contribution < -0.4 is 0 Å². The lowest BCUT2D eigenvalue weighted by molar-refractivity contribution is -0.140. The van der Waals surface area contributed by atoms with Crippen LogP contribution in [0.2, 0.25) is 0 Å². The summed E-state index contributed by atoms with van der Waals surface area (Å²) in [5.74, 6) is -2.05. The second-order valence-electron chi connectivity index (χ2n) is 8.28. The maximum absolute atomic E-state index is 13.1. The molecule has 8 heteroatoms. The Bertz CT molecular complexity index is 1100. The van der Waals surface area contributed by atoms with Gasteiger partial charge in [0.05, 0.1) is 24.3 Å². The molecule has 1 fully saturated rings. The highest BCUT2D eigenvalue weighted by Gasteiger charge is 2.46. The number of aromatic amines is 1. The highest BCUT2D eigenvalue weighted by atomic mass is 16.5. The molecule has 32 heavy (non-hydrogen) atoms. The summed E-state index contributed by atoms with van der Waals surface area (Å²) in [7, 11) is 5.06. The van der Waals surface area contributed by atoms with Gasteiger partial charge in [-0.1, -0.05) is 12.1 Å². The number of aromatic nitrogens is 1. The predicted octanol–water partition coefficient (Wildman–Crippen LogP) is 2.71. The Morgan fingerprint density at radius 3 is 2.25 bits per heavy atom. The number of nitrogens with one attached hydrogen (secondary N) is 1. The van der Waals surface area contributed by atoms with Gasteiger partial charge >= 0.3 is 5.97 Å². The quantitative estimate of drug-likeness (QED) is 0.311. The number of likely N-dealkylation sites (tertiary alicyclic amines) is 1. The Kier molecular flexibility index (Phi) is 6.55. The zero-order chi connectivity index (χ0) is 23.7. The van der Waals surface area contributed by atoms with Crippen LogP contribution in [-0.4, -0.2) is 71.8 Å². The Balaban J connectivity index is 2.18. The first kappa shape index (κ1) is 23.3. The molecule has 2 heterocycles. The van der Waals surface area contributed by atoms with E-state index in [0.29, 0.717) is 29.8 Å². The van der Waals surface area contributed by atoms with Gasteiger partial charge in [-0.15, -0.1) is 0 Å². The van der Waals surface area contributed by atoms with Gasteiger partial charge in [0.15, 0.2) is 0 Å². The minimum atomic E-state index is -0.768. The lowest BCUT2D eigenvalue weighted by Crippen LogP contribution is -2.35. The number of esters is 1. The van der Waals surface area contributed by atoms with Crippen molar-refractivity contribution in [2.45, 2.75) is 26.8 Å². The van der Waals surface area contributed by atoms with Gasteiger partial charge in [-0.3, -0.25) is 9.59 Å². The SMILES string of the molecule is COC(=O)c1ccc(C2/C(=C(\O)c3c(C)[nH]c(C)c3C)C(=O)C(=O)N2CCN(C)C)cc1. The van der Waals surface area contributed by atoms with E-state index in [2.05, 4.69) is 4.98 Å². The van der Waals surface area contributed by atoms with Crippen LogP contribution in [0.25, 0.3) is 5.76 Å². The molecule has 1 saturated heterocycles. The molecule has 1 unspecified atom stereocenters. The number of H-pyrrole nitrogens is 1. The van der Waals surface area contributed by atoms with Crippen LogP contribution >= 0.6 is 0 Å². The van der Waals surface area contributed by atoms with Crippen LogP contribution in [0.4, 0.5) is 0 Å². The number of carbonyl (C=O) groups is 3. The smallest absolute Gasteiger partial charge is 0.337 e. The topological polar surface area (TPSA) is 103 Å². The number of hydrogen-bond acceptors (Lipinski definition) is 6. The van der Waals surface area contributed by atoms with E-state index in [1.807, 2.05) is 39.8 Å². The summed E-state index contributed by atoms with van der Waals surface area (Å²) in [5.41, 5.74) is 3.98. The van der Waals surface area contributed by atoms with Crippen molar-refractivity contribution >= 4 is 23.4 Å². The van der Waals surface area contributed by atoms with Gasteiger partial charge < -0.3 is 24.6 Å². The first-order valence-electron chi connectivity index (χ1n) is 10.4. The number of benzene rings is 1. The van der Waals surface area contributed by atoms with E-state index >= 15 is 0 Å². The summed E-state index contributed by atoms with van der Waals surface area (Å²) < 4.78 is 4.75. The number of Topliss-reactive ketones (excluding diaryl/α,β-unsaturated/α-hetero) is 1. The molecule has 1 atom stereocenters. The average Bonchev–Trinajstić information content (AvgIpc) is 3.16. The van der Waals surface area contributed by atoms with Crippen LogP contribution in [0, 0.1) is 20.8 Å². The molecule has 2 aromatic rings. The highest BCUT2D eigenvalue weighted by molar-refractivity contribution is 6.46. The number of methoxy groups -OCH3 is 1. The number of amides is 1. The van der Waals surface area contributed by atoms with Crippen LogP contribution in [0.3, 0.4) is 0 Å². The third-order valence-electron chi connectivity index (χ3n) is 5.90. The summed E-state index contributed by atoms with van der Waals surface area (Å²) in [6.07, 6.45) is 0. The standard InChI is InChI=1S/C24H29N3O5/c1-13-14(2)25-15(3)18(13)21(28)19-20(16-7-9-17(10-8-16)24(31)32-6)27(12-11-26(4)5)23(30)22(19)29/h7-10,20,25,28H,11-12H2,1-6H3/b21-19+. The van der Waals surface area contributed by atoms with Gasteiger partial charge in [-0.05, 0) is 58.1 Å². The van der Waals surface area contributed by atoms with E-state index in [1.54, 1.807) is 24.3 Å². The number of ketones is 1. The minimum Gasteiger partial charge on any atom is -0.507 e. The van der Waals surface area contributed by atoms with E-state index < -0.39 is 23.7 Å². The molecule has 0 bridgehead atoms. The molecule has 170 valence electrons. The molecule has 0 spiro atoms. The second kappa shape index (κ2) is 9.00. The molecule has 1 aromatic heterocycles. The third-order valence-corrected chi connectivity index (χ3v) is 5.90. The van der Waals surface area contributed by atoms with Crippen molar-refractivity contribution in [1.29, 1.82) is 0 Å². The van der Waals surface area contributed by atoms with Gasteiger partial charge in [0, 0.05) is 30.0 Å². The first-order valence-corrected chi connectivity index (χ1v) is 10.4. The zero-order valence-corrected chi connectivity index (χ0v) is 19.3. The molecule has 1 amide bonds. The highest BCUT2D eigenvalue weighted by Crippen LogP contribution is 2.40. The zero-order valence-electron chi connectivity index (χ0n) is 19.3. The van der Waals surface area contributed by atoms with Gasteiger partial charge in [-0.25, -0.2) is 4.79 Å². The third kappa shape index (κ3) is 4.05. The Morgan fingerprint density at radius 2 is 1.75 bits per heavy atom. The molecule has 1 aliphatic rings. The van der Waals surface area contributed by atoms with Crippen LogP contribution in [0.5, 0.6) is 0 Å². The fraction of sp³-hybridized carbons (Fsp3) is 0.375. The summed E-state index contributed by atoms with van der Waals surface area (Å²) in [6.45, 7) is 6.42. The van der Waals surface area contributed by atoms with E-state index in [1.165, 1.54) is 12.0 Å². The molecule has 0 aliphatic carbocycles. The normalized spacial score (nSPS) is 18.0. The van der Waals surface area contributed by atoms with Gasteiger partial charge in [-0.2, -0.15) is 0 Å². The Hall–Kier alpha value is -3.39. The molecule has 0 radical (unpaired) electrons. The van der Waals surface area contributed by atoms with Crippen molar-refractivity contribution in [3.05, 3.63) is 63.5 Å². The van der Waals surface area contributed by atoms with Gasteiger partial charge in [0.2, 0.25) is 0 Å². The number of aryl methyl sites for hydroxylation is 2. The van der Waals surface area contributed by atoms with Crippen molar-refractivity contribution in [2.75, 3.05) is 34.3 Å². The second-order valence-corrected chi connectivity index (χ2v) is 8.28. The molecular weight excluding hydrogens is 410 g/mol. The summed E-state index contributed by atoms with van der Waals surface area (Å²) in [5, 5.41) is 11.3. The minimum absolute atomic E-state index is 0.0461. The van der Waals surface area contributed by atoms with Crippen LogP contribution in [-0.2, 0) is 14.3 Å². The lowest BCUT2D eigenvalue weighted by Gasteiger charge is -2.26. The maximum Gasteiger partial charge on any atom is 0.337 e. The van der Waals surface area contributed by atoms with E-state index in [4.69, 9.17) is 4.74 Å². The molecule has 1 aromatic carbocycles. The molecule has 1 aliphatic heterocycles. The average molecular weight is 440 g/mol. The van der Waals surface area contributed by atoms with Crippen molar-refractivity contribution < 1.29 is 24.2 Å². The molecule has 3 rings (SSSR count). The van der Waals surface area contributed by atoms with E-state index in [0.717, 1.165) is 17.0 Å². The maximum atomic E-state index is 13.1. The van der Waals surface area contributed by atoms with Crippen molar-refractivity contribution in [2.24, 2.45) is 0 Å². The van der Waals surface area contributed by atoms with E-state index in [9.17, 15) is 19.5 Å². The summed E-state index contributed by atoms with van der Waals surface area (Å²) in [6, 6.07) is 5.77. The summed E-state index contributed by atoms with van der Waals surface area (Å²) in [4.78, 5) is 44.5. The molecule has 8 nitrogen and oxygen atoms in total. The predicted molar refractivity (Wildman–Crippen MR) is 120 cm³/mol. The monoisotopic (exact) mass is 439 g/mol. The molecule has 2 N–H and O–H groups in total. The molecule has 0 saturated carbocycles. The number of hydrogen-bond donors (Lipinski definition) is 2. The number of aliphatic hydroxyl groups excluding tert-OH is 1. The fourth-order valence-corrected chi connectivity index (χ4v) is 4.08. The van der Waals surface area contributed by atoms with Gasteiger partial charge in [0.1, 0.15) is 5.76 Å². The van der Waals surface area contributed by atoms with Crippen molar-refractivity contribution in [3.63, 3.8) is 0 Å². The largest absolute Gasteiger partial charge is 0.507 e. The Labute approximate surface area is 187 Å². The number of likely N-dealkylation sites (N-methyl/N-ethyl adjacent to an activating group) is 1. The summed E-state index contributed by atoms with van der Waals surface area (Å²) >= 11 is 0. The first-order chi connectivity index (χ1) is 15.1. The Morgan fingerprint density at radius 1 is 1.12 bits per heavy atom. The van der Waals surface area contributed by atoms with Crippen LogP contribution in [0.15, 0.2) is 29.8 Å². The van der Waals surface area contributed by atoms with Crippen molar-refractivity contribution in [1.82, 2.24) is 14.8 Å². The van der Waals surface area contributed by atoms with E-state index in [-0.39, 0.29) is 11.3 Å². The fourth-order valence-electron chi connectivity index (χ4n) is 4.08. The number of rotatable bonds is 6. The number of aliphatic hydroxyl groups is 1. The number of ether oxygens (including phenoxy) is 1. The molecular formula is C24H29N3O5. The number of nitrogens with zero attached hydrogens (tertiary/aromatic N) is 2. The van der Waals surface area contributed by atoms with Crippen LogP contribution in [0.1, 0.15) is 44.5 Å². The van der Waals surface area contributed by atoms with Crippen molar-refractivity contribution in [3.8, 4) is 0 Å². The lowest BCUT2D eigenvalue weighted by atomic mass is 9.93.